The van der Waals surface area contributed by atoms with Crippen molar-refractivity contribution in [1.82, 2.24) is 4.98 Å². The summed E-state index contributed by atoms with van der Waals surface area (Å²) in [6, 6.07) is 7.46. The van der Waals surface area contributed by atoms with E-state index in [4.69, 9.17) is 28.5 Å². The number of anilines is 2. The molecule has 0 amide bonds. The van der Waals surface area contributed by atoms with Crippen LogP contribution in [0.5, 0.6) is 0 Å². The molecule has 0 bridgehead atoms. The molecule has 2 rings (SSSR count). The summed E-state index contributed by atoms with van der Waals surface area (Å²) in [5.74, 6) is -0.0484. The van der Waals surface area contributed by atoms with Gasteiger partial charge in [0.1, 0.15) is 17.7 Å². The third-order valence-electron chi connectivity index (χ3n) is 2.15. The summed E-state index contributed by atoms with van der Waals surface area (Å²) in [7, 11) is 0. The van der Waals surface area contributed by atoms with Gasteiger partial charge in [-0.1, -0.05) is 23.2 Å². The van der Waals surface area contributed by atoms with Gasteiger partial charge in [-0.05, 0) is 24.3 Å². The van der Waals surface area contributed by atoms with Crippen LogP contribution in [0.1, 0.15) is 5.56 Å². The van der Waals surface area contributed by atoms with Crippen molar-refractivity contribution in [2.45, 2.75) is 0 Å². The molecule has 0 spiro atoms. The van der Waals surface area contributed by atoms with Crippen LogP contribution in [0.25, 0.3) is 0 Å². The number of nitrogens with zero attached hydrogens (tertiary/aromatic N) is 2. The topological polar surface area (TPSA) is 48.7 Å². The average molecular weight is 282 g/mol. The fourth-order valence-electron chi connectivity index (χ4n) is 1.32. The van der Waals surface area contributed by atoms with E-state index in [1.807, 2.05) is 6.07 Å². The third-order valence-corrected chi connectivity index (χ3v) is 2.75. The number of halogens is 3. The molecule has 1 heterocycles. The molecule has 0 saturated heterocycles. The second-order valence-corrected chi connectivity index (χ2v) is 4.23. The first-order valence-electron chi connectivity index (χ1n) is 4.88. The Kier molecular flexibility index (Phi) is 3.66. The van der Waals surface area contributed by atoms with E-state index in [2.05, 4.69) is 10.3 Å². The first kappa shape index (κ1) is 12.6. The van der Waals surface area contributed by atoms with Crippen LogP contribution < -0.4 is 5.32 Å². The Balaban J connectivity index is 2.31. The van der Waals surface area contributed by atoms with Gasteiger partial charge in [0.15, 0.2) is 0 Å². The SMILES string of the molecule is N#Cc1ccc(Nc2c(Cl)cc(F)cc2Cl)nc1. The van der Waals surface area contributed by atoms with Crippen LogP contribution in [-0.2, 0) is 0 Å². The summed E-state index contributed by atoms with van der Waals surface area (Å²) in [6.07, 6.45) is 1.41. The molecule has 18 heavy (non-hydrogen) atoms. The number of nitriles is 1. The van der Waals surface area contributed by atoms with Crippen molar-refractivity contribution in [3.63, 3.8) is 0 Å². The van der Waals surface area contributed by atoms with Crippen LogP contribution in [0, 0.1) is 17.1 Å². The number of benzene rings is 1. The molecule has 6 heteroatoms. The van der Waals surface area contributed by atoms with Crippen molar-refractivity contribution in [2.24, 2.45) is 0 Å². The molecular weight excluding hydrogens is 276 g/mol. The van der Waals surface area contributed by atoms with E-state index in [9.17, 15) is 4.39 Å². The molecule has 0 unspecified atom stereocenters. The van der Waals surface area contributed by atoms with Gasteiger partial charge in [0.2, 0.25) is 0 Å². The van der Waals surface area contributed by atoms with Gasteiger partial charge in [-0.3, -0.25) is 0 Å². The fourth-order valence-corrected chi connectivity index (χ4v) is 1.88. The van der Waals surface area contributed by atoms with E-state index in [-0.39, 0.29) is 10.0 Å². The van der Waals surface area contributed by atoms with Gasteiger partial charge in [-0.25, -0.2) is 9.37 Å². The highest BCUT2D eigenvalue weighted by Gasteiger charge is 2.09. The number of hydrogen-bond donors (Lipinski definition) is 1. The lowest BCUT2D eigenvalue weighted by Crippen LogP contribution is -1.96. The van der Waals surface area contributed by atoms with Crippen LogP contribution in [-0.4, -0.2) is 4.98 Å². The maximum atomic E-state index is 13.0. The molecule has 90 valence electrons. The second kappa shape index (κ2) is 5.21. The van der Waals surface area contributed by atoms with Gasteiger partial charge in [-0.15, -0.1) is 0 Å². The molecule has 1 aromatic carbocycles. The molecule has 0 fully saturated rings. The molecule has 1 N–H and O–H groups in total. The molecule has 0 aliphatic rings. The standard InChI is InChI=1S/C12H6Cl2FN3/c13-9-3-8(15)4-10(14)12(9)18-11-2-1-7(5-16)6-17-11/h1-4,6H,(H,17,18). The predicted octanol–water partition coefficient (Wildman–Crippen LogP) is 4.14. The molecule has 0 aliphatic carbocycles. The zero-order chi connectivity index (χ0) is 13.1. The quantitative estimate of drug-likeness (QED) is 0.900. The molecule has 0 radical (unpaired) electrons. The maximum Gasteiger partial charge on any atom is 0.130 e. The average Bonchev–Trinajstić information content (AvgIpc) is 2.34. The molecule has 3 nitrogen and oxygen atoms in total. The molecule has 0 saturated carbocycles. The number of rotatable bonds is 2. The van der Waals surface area contributed by atoms with E-state index < -0.39 is 5.82 Å². The number of pyridine rings is 1. The Morgan fingerprint density at radius 3 is 2.39 bits per heavy atom. The van der Waals surface area contributed by atoms with Gasteiger partial charge in [-0.2, -0.15) is 5.26 Å². The lowest BCUT2D eigenvalue weighted by molar-refractivity contribution is 0.628. The number of nitrogens with one attached hydrogen (secondary N) is 1. The zero-order valence-corrected chi connectivity index (χ0v) is 10.4. The summed E-state index contributed by atoms with van der Waals surface area (Å²) >= 11 is 11.8. The summed E-state index contributed by atoms with van der Waals surface area (Å²) in [4.78, 5) is 4.00. The molecule has 1 aromatic heterocycles. The maximum absolute atomic E-state index is 13.0. The number of hydrogen-bond acceptors (Lipinski definition) is 3. The van der Waals surface area contributed by atoms with Crippen LogP contribution >= 0.6 is 23.2 Å². The Bertz CT molecular complexity index is 597. The highest BCUT2D eigenvalue weighted by atomic mass is 35.5. The summed E-state index contributed by atoms with van der Waals surface area (Å²) in [5, 5.41) is 11.8. The second-order valence-electron chi connectivity index (χ2n) is 3.41. The summed E-state index contributed by atoms with van der Waals surface area (Å²) in [6.45, 7) is 0. The minimum absolute atomic E-state index is 0.158. The minimum atomic E-state index is -0.511. The molecule has 0 atom stereocenters. The Hall–Kier alpha value is -1.83. The van der Waals surface area contributed by atoms with Gasteiger partial charge < -0.3 is 5.32 Å². The Labute approximate surface area is 113 Å². The van der Waals surface area contributed by atoms with Crippen molar-refractivity contribution in [2.75, 3.05) is 5.32 Å². The smallest absolute Gasteiger partial charge is 0.130 e. The van der Waals surface area contributed by atoms with Gasteiger partial charge in [0.05, 0.1) is 21.3 Å². The normalized spacial score (nSPS) is 9.89. The van der Waals surface area contributed by atoms with Crippen LogP contribution in [0.4, 0.5) is 15.9 Å². The van der Waals surface area contributed by atoms with Crippen molar-refractivity contribution in [3.05, 3.63) is 51.9 Å². The zero-order valence-electron chi connectivity index (χ0n) is 8.92. The van der Waals surface area contributed by atoms with E-state index >= 15 is 0 Å². The van der Waals surface area contributed by atoms with Gasteiger partial charge in [0, 0.05) is 6.20 Å². The van der Waals surface area contributed by atoms with E-state index in [0.29, 0.717) is 17.1 Å². The van der Waals surface area contributed by atoms with Crippen molar-refractivity contribution < 1.29 is 4.39 Å². The van der Waals surface area contributed by atoms with Gasteiger partial charge in [0.25, 0.3) is 0 Å². The highest BCUT2D eigenvalue weighted by Crippen LogP contribution is 2.33. The van der Waals surface area contributed by atoms with Crippen LogP contribution in [0.15, 0.2) is 30.5 Å². The van der Waals surface area contributed by atoms with E-state index in [1.54, 1.807) is 12.1 Å². The first-order chi connectivity index (χ1) is 8.60. The monoisotopic (exact) mass is 281 g/mol. The number of aromatic nitrogens is 1. The lowest BCUT2D eigenvalue weighted by atomic mass is 10.3. The lowest BCUT2D eigenvalue weighted by Gasteiger charge is -2.09. The van der Waals surface area contributed by atoms with Crippen molar-refractivity contribution in [1.29, 1.82) is 5.26 Å². The highest BCUT2D eigenvalue weighted by molar-refractivity contribution is 6.39. The van der Waals surface area contributed by atoms with Crippen LogP contribution in [0.3, 0.4) is 0 Å². The Morgan fingerprint density at radius 2 is 1.89 bits per heavy atom. The van der Waals surface area contributed by atoms with Crippen LogP contribution in [0.2, 0.25) is 10.0 Å². The summed E-state index contributed by atoms with van der Waals surface area (Å²) < 4.78 is 13.0. The minimum Gasteiger partial charge on any atom is -0.338 e. The van der Waals surface area contributed by atoms with Crippen molar-refractivity contribution >= 4 is 34.7 Å². The third kappa shape index (κ3) is 2.70. The fraction of sp³-hybridized carbons (Fsp3) is 0. The predicted molar refractivity (Wildman–Crippen MR) is 68.7 cm³/mol. The molecule has 0 aliphatic heterocycles. The largest absolute Gasteiger partial charge is 0.338 e. The van der Waals surface area contributed by atoms with Crippen molar-refractivity contribution in [3.8, 4) is 6.07 Å². The van der Waals surface area contributed by atoms with E-state index in [0.717, 1.165) is 12.1 Å². The Morgan fingerprint density at radius 1 is 1.22 bits per heavy atom. The van der Waals surface area contributed by atoms with E-state index in [1.165, 1.54) is 6.20 Å². The first-order valence-corrected chi connectivity index (χ1v) is 5.63. The molecule has 2 aromatic rings. The summed E-state index contributed by atoms with van der Waals surface area (Å²) in [5.41, 5.74) is 0.814. The van der Waals surface area contributed by atoms with Gasteiger partial charge >= 0.3 is 0 Å². The molecular formula is C12H6Cl2FN3.